The number of nitrogens with one attached hydrogen (secondary N) is 2. The summed E-state index contributed by atoms with van der Waals surface area (Å²) in [6.45, 7) is 3.11. The number of carbonyl (C=O) groups is 4. The first kappa shape index (κ1) is 25.5. The molecule has 4 aliphatic rings. The van der Waals surface area contributed by atoms with Gasteiger partial charge in [-0.1, -0.05) is 18.2 Å². The molecule has 0 aromatic heterocycles. The van der Waals surface area contributed by atoms with Crippen LogP contribution in [0.5, 0.6) is 0 Å². The number of rotatable bonds is 8. The Morgan fingerprint density at radius 2 is 1.92 bits per heavy atom. The van der Waals surface area contributed by atoms with E-state index in [4.69, 9.17) is 4.74 Å². The van der Waals surface area contributed by atoms with Gasteiger partial charge in [0, 0.05) is 43.3 Å². The summed E-state index contributed by atoms with van der Waals surface area (Å²) in [6, 6.07) is 11.2. The Morgan fingerprint density at radius 3 is 2.59 bits per heavy atom. The lowest BCUT2D eigenvalue weighted by atomic mass is 9.94. The number of fused-ring (bicyclic) bond motifs is 2. The average Bonchev–Trinajstić information content (AvgIpc) is 3.63. The second kappa shape index (κ2) is 9.75. The van der Waals surface area contributed by atoms with E-state index in [9.17, 15) is 23.6 Å². The summed E-state index contributed by atoms with van der Waals surface area (Å²) < 4.78 is 19.1. The van der Waals surface area contributed by atoms with Crippen LogP contribution in [0.1, 0.15) is 42.9 Å². The Balaban J connectivity index is 1.18. The number of imide groups is 1. The highest BCUT2D eigenvalue weighted by molar-refractivity contribution is 6.06. The molecule has 0 bridgehead atoms. The van der Waals surface area contributed by atoms with E-state index in [1.54, 1.807) is 29.2 Å². The topological polar surface area (TPSA) is 108 Å². The van der Waals surface area contributed by atoms with Gasteiger partial charge in [-0.05, 0) is 67.5 Å². The molecule has 2 atom stereocenters. The third-order valence-corrected chi connectivity index (χ3v) is 8.45. The highest BCUT2D eigenvalue weighted by atomic mass is 19.1. The predicted octanol–water partition coefficient (Wildman–Crippen LogP) is 2.93. The summed E-state index contributed by atoms with van der Waals surface area (Å²) >= 11 is 0. The summed E-state index contributed by atoms with van der Waals surface area (Å²) in [4.78, 5) is 55.1. The zero-order valence-corrected chi connectivity index (χ0v) is 21.7. The number of carbonyl (C=O) groups excluding carboxylic acids is 4. The zero-order valence-electron chi connectivity index (χ0n) is 21.7. The molecule has 2 aliphatic heterocycles. The number of hydrogen-bond donors (Lipinski definition) is 2. The monoisotopic (exact) mass is 534 g/mol. The van der Waals surface area contributed by atoms with E-state index >= 15 is 0 Å². The standard InChI is InChI=1S/C29H31FN4O5/c1-17(19-4-5-19)33(15-18-2-6-22(30)7-3-18)25(35)16-34-27(37)29(39-28(34)38)11-10-20-12-23(8-9-24(20)29)32-26(36)21-13-31-14-21/h2-3,6-9,12,17,19,21,31H,4-5,10-11,13-16H2,1H3,(H,32,36)/t17-,29+/m0/s1. The van der Waals surface area contributed by atoms with Crippen molar-refractivity contribution in [2.45, 2.75) is 50.8 Å². The number of amides is 4. The number of anilines is 1. The number of nitrogens with zero attached hydrogens (tertiary/aromatic N) is 2. The lowest BCUT2D eigenvalue weighted by molar-refractivity contribution is -0.143. The smallest absolute Gasteiger partial charge is 0.418 e. The molecule has 0 radical (unpaired) electrons. The van der Waals surface area contributed by atoms with Gasteiger partial charge in [0.15, 0.2) is 0 Å². The molecule has 2 aromatic carbocycles. The van der Waals surface area contributed by atoms with Crippen LogP contribution in [0.2, 0.25) is 0 Å². The van der Waals surface area contributed by atoms with Gasteiger partial charge in [0.25, 0.3) is 5.91 Å². The minimum Gasteiger partial charge on any atom is -0.427 e. The van der Waals surface area contributed by atoms with Crippen molar-refractivity contribution in [3.8, 4) is 0 Å². The van der Waals surface area contributed by atoms with Crippen LogP contribution in [0.3, 0.4) is 0 Å². The molecule has 39 heavy (non-hydrogen) atoms. The van der Waals surface area contributed by atoms with Crippen molar-refractivity contribution in [1.29, 1.82) is 0 Å². The predicted molar refractivity (Wildman–Crippen MR) is 139 cm³/mol. The van der Waals surface area contributed by atoms with Gasteiger partial charge < -0.3 is 20.3 Å². The van der Waals surface area contributed by atoms with E-state index in [1.807, 2.05) is 13.0 Å². The number of ether oxygens (including phenoxy) is 1. The summed E-state index contributed by atoms with van der Waals surface area (Å²) in [5, 5.41) is 5.99. The van der Waals surface area contributed by atoms with E-state index in [-0.39, 0.29) is 42.6 Å². The van der Waals surface area contributed by atoms with Crippen molar-refractivity contribution in [2.75, 3.05) is 25.0 Å². The van der Waals surface area contributed by atoms with Gasteiger partial charge in [0.1, 0.15) is 12.4 Å². The third-order valence-electron chi connectivity index (χ3n) is 8.45. The maximum absolute atomic E-state index is 13.7. The molecule has 0 unspecified atom stereocenters. The van der Waals surface area contributed by atoms with Gasteiger partial charge >= 0.3 is 6.09 Å². The molecular weight excluding hydrogens is 503 g/mol. The van der Waals surface area contributed by atoms with Gasteiger partial charge in [-0.2, -0.15) is 0 Å². The Labute approximate surface area is 225 Å². The molecule has 2 N–H and O–H groups in total. The van der Waals surface area contributed by atoms with Crippen molar-refractivity contribution in [3.05, 3.63) is 65.0 Å². The van der Waals surface area contributed by atoms with Gasteiger partial charge in [0.05, 0.1) is 5.92 Å². The van der Waals surface area contributed by atoms with E-state index in [0.29, 0.717) is 36.7 Å². The molecule has 3 fully saturated rings. The van der Waals surface area contributed by atoms with Crippen molar-refractivity contribution in [1.82, 2.24) is 15.1 Å². The molecule has 2 saturated heterocycles. The second-order valence-corrected chi connectivity index (χ2v) is 11.0. The number of halogens is 1. The van der Waals surface area contributed by atoms with E-state index in [2.05, 4.69) is 10.6 Å². The summed E-state index contributed by atoms with van der Waals surface area (Å²) in [6.07, 6.45) is 1.97. The Kier molecular flexibility index (Phi) is 6.37. The number of hydrogen-bond acceptors (Lipinski definition) is 6. The normalized spacial score (nSPS) is 22.9. The van der Waals surface area contributed by atoms with Crippen LogP contribution in [0.25, 0.3) is 0 Å². The fourth-order valence-electron chi connectivity index (χ4n) is 5.75. The molecular formula is C29H31FN4O5. The second-order valence-electron chi connectivity index (χ2n) is 11.0. The maximum atomic E-state index is 13.7. The van der Waals surface area contributed by atoms with Crippen LogP contribution < -0.4 is 10.6 Å². The maximum Gasteiger partial charge on any atom is 0.418 e. The number of aryl methyl sites for hydroxylation is 1. The fourth-order valence-corrected chi connectivity index (χ4v) is 5.75. The van der Waals surface area contributed by atoms with Crippen LogP contribution in [0.4, 0.5) is 14.9 Å². The molecule has 2 aromatic rings. The van der Waals surface area contributed by atoms with Crippen LogP contribution in [0.15, 0.2) is 42.5 Å². The molecule has 1 spiro atoms. The largest absolute Gasteiger partial charge is 0.427 e. The molecule has 2 aliphatic carbocycles. The van der Waals surface area contributed by atoms with Gasteiger partial charge in [-0.15, -0.1) is 0 Å². The van der Waals surface area contributed by atoms with E-state index in [0.717, 1.165) is 28.9 Å². The minimum atomic E-state index is -1.46. The Bertz CT molecular complexity index is 1340. The van der Waals surface area contributed by atoms with E-state index in [1.165, 1.54) is 12.1 Å². The first-order chi connectivity index (χ1) is 18.7. The minimum absolute atomic E-state index is 0.0555. The quantitative estimate of drug-likeness (QED) is 0.539. The lowest BCUT2D eigenvalue weighted by Crippen LogP contribution is -2.48. The summed E-state index contributed by atoms with van der Waals surface area (Å²) in [7, 11) is 0. The van der Waals surface area contributed by atoms with Crippen molar-refractivity contribution >= 4 is 29.5 Å². The molecule has 1 saturated carbocycles. The Hall–Kier alpha value is -3.79. The molecule has 204 valence electrons. The van der Waals surface area contributed by atoms with Gasteiger partial charge in [-0.25, -0.2) is 14.1 Å². The first-order valence-corrected chi connectivity index (χ1v) is 13.5. The average molecular weight is 535 g/mol. The molecule has 4 amide bonds. The highest BCUT2D eigenvalue weighted by Gasteiger charge is 2.58. The van der Waals surface area contributed by atoms with Gasteiger partial charge in [0.2, 0.25) is 17.4 Å². The third kappa shape index (κ3) is 4.67. The first-order valence-electron chi connectivity index (χ1n) is 13.5. The Morgan fingerprint density at radius 1 is 1.18 bits per heavy atom. The van der Waals surface area contributed by atoms with Crippen LogP contribution >= 0.6 is 0 Å². The molecule has 9 nitrogen and oxygen atoms in total. The SMILES string of the molecule is C[C@@H](C1CC1)N(Cc1ccc(F)cc1)C(=O)CN1C(=O)O[C@@]2(CCc3cc(NC(=O)C4CNC4)ccc32)C1=O. The lowest BCUT2D eigenvalue weighted by Gasteiger charge is -2.30. The molecule has 10 heteroatoms. The van der Waals surface area contributed by atoms with Crippen molar-refractivity contribution in [2.24, 2.45) is 11.8 Å². The number of benzene rings is 2. The zero-order chi connectivity index (χ0) is 27.3. The molecule has 2 heterocycles. The summed E-state index contributed by atoms with van der Waals surface area (Å²) in [5.74, 6) is -1.01. The highest BCUT2D eigenvalue weighted by Crippen LogP contribution is 2.46. The molecule has 6 rings (SSSR count). The van der Waals surface area contributed by atoms with Crippen molar-refractivity contribution < 1.29 is 28.3 Å². The summed E-state index contributed by atoms with van der Waals surface area (Å²) in [5.41, 5.74) is 1.36. The van der Waals surface area contributed by atoms with Crippen LogP contribution in [0, 0.1) is 17.7 Å². The van der Waals surface area contributed by atoms with Crippen LogP contribution in [-0.2, 0) is 37.7 Å². The van der Waals surface area contributed by atoms with E-state index < -0.39 is 24.1 Å². The fraction of sp³-hybridized carbons (Fsp3) is 0.448. The van der Waals surface area contributed by atoms with Crippen LogP contribution in [-0.4, -0.2) is 59.3 Å². The van der Waals surface area contributed by atoms with Crippen molar-refractivity contribution in [3.63, 3.8) is 0 Å². The van der Waals surface area contributed by atoms with Gasteiger partial charge in [-0.3, -0.25) is 14.4 Å².